The molecule has 0 saturated carbocycles. The molecule has 1 N–H and O–H groups in total. The van der Waals surface area contributed by atoms with Crippen molar-refractivity contribution in [1.29, 1.82) is 0 Å². The second kappa shape index (κ2) is 10.3. The van der Waals surface area contributed by atoms with Crippen molar-refractivity contribution in [3.63, 3.8) is 0 Å². The molecule has 1 aromatic heterocycles. The van der Waals surface area contributed by atoms with Gasteiger partial charge < -0.3 is 5.32 Å². The van der Waals surface area contributed by atoms with Crippen LogP contribution in [0.25, 0.3) is 5.69 Å². The smallest absolute Gasteiger partial charge is 0.274 e. The van der Waals surface area contributed by atoms with Gasteiger partial charge in [-0.1, -0.05) is 48.7 Å². The third-order valence-electron chi connectivity index (χ3n) is 4.54. The summed E-state index contributed by atoms with van der Waals surface area (Å²) in [5.41, 5.74) is 0.985. The molecule has 0 aliphatic carbocycles. The average molecular weight is 622 g/mol. The van der Waals surface area contributed by atoms with E-state index in [4.69, 9.17) is 11.6 Å². The Labute approximate surface area is 210 Å². The molecule has 3 rings (SSSR count). The summed E-state index contributed by atoms with van der Waals surface area (Å²) in [5.74, 6) is -1.34. The maximum atomic E-state index is 12.5. The van der Waals surface area contributed by atoms with Gasteiger partial charge in [-0.2, -0.15) is 0 Å². The quantitative estimate of drug-likeness (QED) is 0.297. The fraction of sp³-hybridized carbons (Fsp3) is 0.211. The van der Waals surface area contributed by atoms with Crippen LogP contribution < -0.4 is 5.32 Å². The van der Waals surface area contributed by atoms with E-state index in [0.29, 0.717) is 20.7 Å². The van der Waals surface area contributed by atoms with Gasteiger partial charge in [-0.25, -0.2) is 13.1 Å². The lowest BCUT2D eigenvalue weighted by molar-refractivity contribution is -0.385. The number of carbonyl (C=O) groups excluding carboxylic acids is 1. The number of nitrogens with zero attached hydrogens (tertiary/aromatic N) is 4. The van der Waals surface area contributed by atoms with Gasteiger partial charge >= 0.3 is 0 Å². The summed E-state index contributed by atoms with van der Waals surface area (Å²) in [6, 6.07) is 7.75. The number of amides is 1. The van der Waals surface area contributed by atoms with Gasteiger partial charge in [0.05, 0.1) is 39.0 Å². The zero-order valence-corrected chi connectivity index (χ0v) is 21.7. The zero-order chi connectivity index (χ0) is 24.3. The van der Waals surface area contributed by atoms with Crippen molar-refractivity contribution in [2.45, 2.75) is 12.7 Å². The van der Waals surface area contributed by atoms with Crippen LogP contribution >= 0.6 is 43.5 Å². The van der Waals surface area contributed by atoms with Crippen LogP contribution in [0.3, 0.4) is 0 Å². The highest BCUT2D eigenvalue weighted by Crippen LogP contribution is 2.28. The van der Waals surface area contributed by atoms with Gasteiger partial charge in [0.2, 0.25) is 0 Å². The van der Waals surface area contributed by atoms with Crippen LogP contribution in [0, 0.1) is 17.0 Å². The van der Waals surface area contributed by atoms with Crippen LogP contribution in [0.15, 0.2) is 45.5 Å². The second-order valence-electron chi connectivity index (χ2n) is 6.96. The monoisotopic (exact) mass is 619 g/mol. The fourth-order valence-corrected chi connectivity index (χ4v) is 5.20. The van der Waals surface area contributed by atoms with Crippen molar-refractivity contribution in [2.24, 2.45) is 0 Å². The van der Waals surface area contributed by atoms with Gasteiger partial charge in [0, 0.05) is 32.7 Å². The van der Waals surface area contributed by atoms with E-state index in [1.54, 1.807) is 25.1 Å². The van der Waals surface area contributed by atoms with Crippen molar-refractivity contribution >= 4 is 64.9 Å². The molecular formula is C19H16Br2ClN5O5S. The number of rotatable bonds is 8. The predicted octanol–water partition coefficient (Wildman–Crippen LogP) is 4.01. The number of halogens is 3. The highest BCUT2D eigenvalue weighted by Gasteiger charge is 2.20. The molecule has 0 atom stereocenters. The minimum Gasteiger partial charge on any atom is -0.351 e. The first-order valence-corrected chi connectivity index (χ1v) is 13.0. The van der Waals surface area contributed by atoms with Crippen LogP contribution in [-0.4, -0.2) is 46.5 Å². The summed E-state index contributed by atoms with van der Waals surface area (Å²) in [4.78, 5) is 22.9. The second-order valence-corrected chi connectivity index (χ2v) is 11.3. The van der Waals surface area contributed by atoms with Gasteiger partial charge in [-0.15, -0.1) is 5.10 Å². The Hall–Kier alpha value is -2.35. The SMILES string of the molecule is Cc1c(Br)cc(C(=O)NCCS(=O)(=O)Cc2cn(-c3ccc(Br)cc3Cl)nn2)cc1[N+](=O)[O-]. The van der Waals surface area contributed by atoms with Crippen molar-refractivity contribution in [1.82, 2.24) is 20.3 Å². The van der Waals surface area contributed by atoms with E-state index < -0.39 is 20.7 Å². The van der Waals surface area contributed by atoms with E-state index in [2.05, 4.69) is 47.5 Å². The molecule has 10 nitrogen and oxygen atoms in total. The van der Waals surface area contributed by atoms with E-state index in [1.807, 2.05) is 0 Å². The highest BCUT2D eigenvalue weighted by molar-refractivity contribution is 9.10. The minimum absolute atomic E-state index is 0.0471. The molecule has 2 aromatic carbocycles. The van der Waals surface area contributed by atoms with Crippen LogP contribution in [0.2, 0.25) is 5.02 Å². The third-order valence-corrected chi connectivity index (χ3v) is 7.72. The molecule has 0 saturated heterocycles. The normalized spacial score (nSPS) is 11.4. The maximum absolute atomic E-state index is 12.5. The molecule has 0 aliphatic heterocycles. The molecule has 33 heavy (non-hydrogen) atoms. The summed E-state index contributed by atoms with van der Waals surface area (Å²) in [7, 11) is -3.62. The number of sulfone groups is 1. The number of hydrogen-bond acceptors (Lipinski definition) is 7. The minimum atomic E-state index is -3.62. The zero-order valence-electron chi connectivity index (χ0n) is 17.0. The van der Waals surface area contributed by atoms with Crippen molar-refractivity contribution in [3.8, 4) is 5.69 Å². The maximum Gasteiger partial charge on any atom is 0.274 e. The van der Waals surface area contributed by atoms with Crippen LogP contribution in [0.4, 0.5) is 5.69 Å². The van der Waals surface area contributed by atoms with Crippen LogP contribution in [-0.2, 0) is 15.6 Å². The summed E-state index contributed by atoms with van der Waals surface area (Å²) in [6.45, 7) is 1.38. The number of nitrogens with one attached hydrogen (secondary N) is 1. The molecule has 14 heteroatoms. The Morgan fingerprint density at radius 3 is 2.67 bits per heavy atom. The van der Waals surface area contributed by atoms with Gasteiger partial charge in [0.15, 0.2) is 9.84 Å². The van der Waals surface area contributed by atoms with Crippen molar-refractivity contribution < 1.29 is 18.1 Å². The Bertz CT molecular complexity index is 1350. The molecule has 0 fully saturated rings. The Morgan fingerprint density at radius 1 is 1.27 bits per heavy atom. The highest BCUT2D eigenvalue weighted by atomic mass is 79.9. The number of carbonyl (C=O) groups is 1. The standard InChI is InChI=1S/C19H16Br2ClN5O5S/c1-11-15(21)6-12(7-18(11)27(29)30)19(28)23-4-5-33(31,32)10-14-9-26(25-24-14)17-3-2-13(20)8-16(17)22/h2-3,6-9H,4-5,10H2,1H3,(H,23,28). The van der Waals surface area contributed by atoms with Crippen molar-refractivity contribution in [3.05, 3.63) is 77.4 Å². The molecule has 0 aliphatic rings. The number of nitro benzene ring substituents is 1. The van der Waals surface area contributed by atoms with Gasteiger partial charge in [0.25, 0.3) is 11.6 Å². The lowest BCUT2D eigenvalue weighted by atomic mass is 10.1. The molecule has 0 unspecified atom stereocenters. The third kappa shape index (κ3) is 6.37. The first-order chi connectivity index (χ1) is 15.5. The summed E-state index contributed by atoms with van der Waals surface area (Å²) >= 11 is 12.7. The topological polar surface area (TPSA) is 137 Å². The number of benzene rings is 2. The lowest BCUT2D eigenvalue weighted by Crippen LogP contribution is -2.29. The Kier molecular flexibility index (Phi) is 7.88. The average Bonchev–Trinajstić information content (AvgIpc) is 3.16. The van der Waals surface area contributed by atoms with E-state index in [-0.39, 0.29) is 35.0 Å². The molecule has 0 bridgehead atoms. The largest absolute Gasteiger partial charge is 0.351 e. The first kappa shape index (κ1) is 25.3. The number of nitro groups is 1. The first-order valence-electron chi connectivity index (χ1n) is 9.26. The van der Waals surface area contributed by atoms with E-state index in [9.17, 15) is 23.3 Å². The molecule has 174 valence electrons. The molecule has 1 heterocycles. The van der Waals surface area contributed by atoms with Crippen molar-refractivity contribution in [2.75, 3.05) is 12.3 Å². The van der Waals surface area contributed by atoms with E-state index >= 15 is 0 Å². The van der Waals surface area contributed by atoms with Gasteiger partial charge in [0.1, 0.15) is 0 Å². The molecule has 1 amide bonds. The van der Waals surface area contributed by atoms with Crippen LogP contribution in [0.1, 0.15) is 21.6 Å². The Balaban J connectivity index is 1.62. The molecule has 0 radical (unpaired) electrons. The predicted molar refractivity (Wildman–Crippen MR) is 129 cm³/mol. The number of hydrogen-bond donors (Lipinski definition) is 1. The lowest BCUT2D eigenvalue weighted by Gasteiger charge is -2.08. The van der Waals surface area contributed by atoms with E-state index in [0.717, 1.165) is 10.5 Å². The molecular weight excluding hydrogens is 606 g/mol. The van der Waals surface area contributed by atoms with E-state index in [1.165, 1.54) is 16.9 Å². The fourth-order valence-electron chi connectivity index (χ4n) is 2.85. The number of aromatic nitrogens is 3. The Morgan fingerprint density at radius 2 is 2.00 bits per heavy atom. The summed E-state index contributed by atoms with van der Waals surface area (Å²) in [6.07, 6.45) is 1.47. The van der Waals surface area contributed by atoms with Gasteiger partial charge in [-0.3, -0.25) is 14.9 Å². The molecule has 0 spiro atoms. The summed E-state index contributed by atoms with van der Waals surface area (Å²) in [5, 5.41) is 21.8. The van der Waals surface area contributed by atoms with Gasteiger partial charge in [-0.05, 0) is 31.2 Å². The summed E-state index contributed by atoms with van der Waals surface area (Å²) < 4.78 is 27.5. The van der Waals surface area contributed by atoms with Crippen LogP contribution in [0.5, 0.6) is 0 Å². The molecule has 3 aromatic rings.